The fourth-order valence-corrected chi connectivity index (χ4v) is 2.80. The van der Waals surface area contributed by atoms with E-state index in [4.69, 9.17) is 9.97 Å². The van der Waals surface area contributed by atoms with Crippen molar-refractivity contribution in [2.24, 2.45) is 0 Å². The lowest BCUT2D eigenvalue weighted by Gasteiger charge is -2.10. The first-order chi connectivity index (χ1) is 12.6. The molecule has 0 N–H and O–H groups in total. The van der Waals surface area contributed by atoms with Gasteiger partial charge in [-0.15, -0.1) is 0 Å². The first-order valence-electron chi connectivity index (χ1n) is 8.56. The van der Waals surface area contributed by atoms with Crippen molar-refractivity contribution in [3.8, 4) is 17.2 Å². The first kappa shape index (κ1) is 17.5. The van der Waals surface area contributed by atoms with E-state index >= 15 is 0 Å². The molecule has 3 aromatic rings. The maximum Gasteiger partial charge on any atom is 0.251 e. The molecule has 3 rings (SSSR count). The van der Waals surface area contributed by atoms with E-state index < -0.39 is 0 Å². The predicted octanol–water partition coefficient (Wildman–Crippen LogP) is 5.09. The summed E-state index contributed by atoms with van der Waals surface area (Å²) >= 11 is 0. The minimum atomic E-state index is 0.561. The van der Waals surface area contributed by atoms with Crippen LogP contribution in [0, 0.1) is 13.8 Å². The van der Waals surface area contributed by atoms with Crippen molar-refractivity contribution in [3.63, 3.8) is 0 Å². The molecule has 0 aliphatic heterocycles. The highest BCUT2D eigenvalue weighted by Crippen LogP contribution is 2.23. The van der Waals surface area contributed by atoms with Crippen molar-refractivity contribution in [2.75, 3.05) is 0 Å². The number of hydrogen-bond donors (Lipinski definition) is 0. The van der Waals surface area contributed by atoms with Gasteiger partial charge < -0.3 is 0 Å². The average Bonchev–Trinajstić information content (AvgIpc) is 3.00. The van der Waals surface area contributed by atoms with Gasteiger partial charge in [0.05, 0.1) is 17.1 Å². The Hall–Kier alpha value is -3.27. The molecule has 4 nitrogen and oxygen atoms in total. The molecule has 0 aliphatic rings. The third-order valence-corrected chi connectivity index (χ3v) is 3.92. The largest absolute Gasteiger partial charge is 0.251 e. The standard InChI is InChI=1S/C22H22N4/c1-5-10-18(11-6-2)20-15-21(19-12-8-7-9-13-19)24-22(23-20)26-17(4)14-16(3)25-26/h5-15H,1H2,2-4H3/b11-6-,18-10+. The van der Waals surface area contributed by atoms with Crippen LogP contribution in [0.25, 0.3) is 22.8 Å². The zero-order chi connectivity index (χ0) is 18.5. The van der Waals surface area contributed by atoms with Gasteiger partial charge in [-0.2, -0.15) is 5.10 Å². The normalized spacial score (nSPS) is 11.9. The van der Waals surface area contributed by atoms with Crippen molar-refractivity contribution in [3.05, 3.63) is 90.4 Å². The monoisotopic (exact) mass is 342 g/mol. The first-order valence-corrected chi connectivity index (χ1v) is 8.56. The number of benzene rings is 1. The molecular formula is C22H22N4. The van der Waals surface area contributed by atoms with Crippen LogP contribution in [0.5, 0.6) is 0 Å². The molecule has 4 heteroatoms. The van der Waals surface area contributed by atoms with Gasteiger partial charge in [-0.3, -0.25) is 0 Å². The van der Waals surface area contributed by atoms with Crippen LogP contribution >= 0.6 is 0 Å². The topological polar surface area (TPSA) is 43.6 Å². The predicted molar refractivity (Wildman–Crippen MR) is 107 cm³/mol. The Kier molecular flexibility index (Phi) is 5.23. The summed E-state index contributed by atoms with van der Waals surface area (Å²) in [6.07, 6.45) is 7.72. The van der Waals surface area contributed by atoms with Gasteiger partial charge >= 0.3 is 0 Å². The summed E-state index contributed by atoms with van der Waals surface area (Å²) in [6.45, 7) is 9.77. The number of nitrogens with zero attached hydrogens (tertiary/aromatic N) is 4. The van der Waals surface area contributed by atoms with Crippen molar-refractivity contribution in [1.82, 2.24) is 19.7 Å². The molecule has 0 bridgehead atoms. The SMILES string of the molecule is C=C/C=C(\C=C/C)c1cc(-c2ccccc2)nc(-n2nc(C)cc2C)n1. The molecule has 0 aliphatic carbocycles. The molecule has 26 heavy (non-hydrogen) atoms. The Morgan fingerprint density at radius 1 is 1.08 bits per heavy atom. The van der Waals surface area contributed by atoms with Gasteiger partial charge in [-0.1, -0.05) is 61.2 Å². The van der Waals surface area contributed by atoms with E-state index in [0.717, 1.165) is 33.9 Å². The number of aromatic nitrogens is 4. The van der Waals surface area contributed by atoms with Crippen LogP contribution < -0.4 is 0 Å². The summed E-state index contributed by atoms with van der Waals surface area (Å²) in [5.74, 6) is 0.561. The van der Waals surface area contributed by atoms with Crippen LogP contribution in [0.4, 0.5) is 0 Å². The Bertz CT molecular complexity index is 979. The Balaban J connectivity index is 2.25. The summed E-state index contributed by atoms with van der Waals surface area (Å²) in [6, 6.07) is 14.1. The fraction of sp³-hybridized carbons (Fsp3) is 0.136. The smallest absolute Gasteiger partial charge is 0.211 e. The lowest BCUT2D eigenvalue weighted by atomic mass is 10.1. The second kappa shape index (κ2) is 7.74. The molecule has 0 unspecified atom stereocenters. The molecule has 2 aromatic heterocycles. The van der Waals surface area contributed by atoms with Gasteiger partial charge in [-0.25, -0.2) is 14.6 Å². The highest BCUT2D eigenvalue weighted by molar-refractivity contribution is 5.75. The molecule has 130 valence electrons. The maximum absolute atomic E-state index is 4.76. The quantitative estimate of drug-likeness (QED) is 0.607. The van der Waals surface area contributed by atoms with Gasteiger partial charge in [-0.05, 0) is 38.5 Å². The van der Waals surface area contributed by atoms with E-state index in [-0.39, 0.29) is 0 Å². The minimum absolute atomic E-state index is 0.561. The highest BCUT2D eigenvalue weighted by Gasteiger charge is 2.12. The molecule has 0 saturated carbocycles. The van der Waals surface area contributed by atoms with Gasteiger partial charge in [0.1, 0.15) is 0 Å². The number of hydrogen-bond acceptors (Lipinski definition) is 3. The van der Waals surface area contributed by atoms with E-state index in [1.54, 1.807) is 10.8 Å². The Labute approximate surface area is 154 Å². The molecule has 0 amide bonds. The molecule has 2 heterocycles. The number of rotatable bonds is 5. The number of allylic oxidation sites excluding steroid dienone is 5. The second-order valence-corrected chi connectivity index (χ2v) is 6.00. The van der Waals surface area contributed by atoms with Gasteiger partial charge in [0.2, 0.25) is 0 Å². The third kappa shape index (κ3) is 3.70. The summed E-state index contributed by atoms with van der Waals surface area (Å²) in [4.78, 5) is 9.53. The van der Waals surface area contributed by atoms with Crippen molar-refractivity contribution in [1.29, 1.82) is 0 Å². The maximum atomic E-state index is 4.76. The van der Waals surface area contributed by atoms with E-state index in [2.05, 4.69) is 11.7 Å². The summed E-state index contributed by atoms with van der Waals surface area (Å²) < 4.78 is 1.78. The highest BCUT2D eigenvalue weighted by atomic mass is 15.4. The zero-order valence-electron chi connectivity index (χ0n) is 15.3. The van der Waals surface area contributed by atoms with Gasteiger partial charge in [0.15, 0.2) is 0 Å². The molecule has 0 fully saturated rings. The molecule has 1 aromatic carbocycles. The molecule has 0 atom stereocenters. The zero-order valence-corrected chi connectivity index (χ0v) is 15.3. The summed E-state index contributed by atoms with van der Waals surface area (Å²) in [7, 11) is 0. The van der Waals surface area contributed by atoms with Crippen molar-refractivity contribution >= 4 is 5.57 Å². The average molecular weight is 342 g/mol. The molecule has 0 radical (unpaired) electrons. The number of aryl methyl sites for hydroxylation is 2. The minimum Gasteiger partial charge on any atom is -0.211 e. The lowest BCUT2D eigenvalue weighted by Crippen LogP contribution is -2.08. The lowest BCUT2D eigenvalue weighted by molar-refractivity contribution is 0.773. The van der Waals surface area contributed by atoms with Crippen LogP contribution in [0.3, 0.4) is 0 Å². The summed E-state index contributed by atoms with van der Waals surface area (Å²) in [5, 5.41) is 4.54. The third-order valence-electron chi connectivity index (χ3n) is 3.92. The molecular weight excluding hydrogens is 320 g/mol. The molecule has 0 spiro atoms. The second-order valence-electron chi connectivity index (χ2n) is 6.00. The van der Waals surface area contributed by atoms with Crippen LogP contribution in [-0.4, -0.2) is 19.7 Å². The van der Waals surface area contributed by atoms with Crippen molar-refractivity contribution < 1.29 is 0 Å². The van der Waals surface area contributed by atoms with E-state index in [0.29, 0.717) is 5.95 Å². The van der Waals surface area contributed by atoms with Crippen LogP contribution in [0.2, 0.25) is 0 Å². The van der Waals surface area contributed by atoms with Crippen molar-refractivity contribution in [2.45, 2.75) is 20.8 Å². The van der Waals surface area contributed by atoms with Gasteiger partial charge in [0, 0.05) is 11.3 Å². The van der Waals surface area contributed by atoms with Crippen LogP contribution in [-0.2, 0) is 0 Å². The van der Waals surface area contributed by atoms with Crippen LogP contribution in [0.1, 0.15) is 24.0 Å². The Morgan fingerprint density at radius 3 is 2.46 bits per heavy atom. The van der Waals surface area contributed by atoms with E-state index in [9.17, 15) is 0 Å². The van der Waals surface area contributed by atoms with Gasteiger partial charge in [0.25, 0.3) is 5.95 Å². The molecule has 0 saturated heterocycles. The Morgan fingerprint density at radius 2 is 1.85 bits per heavy atom. The van der Waals surface area contributed by atoms with E-state index in [1.807, 2.05) is 81.5 Å². The fourth-order valence-electron chi connectivity index (χ4n) is 2.80. The van der Waals surface area contributed by atoms with E-state index in [1.165, 1.54) is 0 Å². The summed E-state index contributed by atoms with van der Waals surface area (Å²) in [5.41, 5.74) is 5.64. The van der Waals surface area contributed by atoms with Crippen LogP contribution in [0.15, 0.2) is 73.3 Å².